The lowest BCUT2D eigenvalue weighted by atomic mass is 9.82. The van der Waals surface area contributed by atoms with Crippen molar-refractivity contribution in [2.24, 2.45) is 11.3 Å². The molecule has 21 heavy (non-hydrogen) atoms. The van der Waals surface area contributed by atoms with Gasteiger partial charge in [-0.2, -0.15) is 0 Å². The summed E-state index contributed by atoms with van der Waals surface area (Å²) >= 11 is 0. The second-order valence-electron chi connectivity index (χ2n) is 5.76. The van der Waals surface area contributed by atoms with Crippen molar-refractivity contribution < 1.29 is 19.1 Å². The Morgan fingerprint density at radius 2 is 1.86 bits per heavy atom. The van der Waals surface area contributed by atoms with Crippen LogP contribution in [0.3, 0.4) is 0 Å². The molecule has 4 heteroatoms. The lowest BCUT2D eigenvalue weighted by Gasteiger charge is -2.24. The highest BCUT2D eigenvalue weighted by Gasteiger charge is 2.53. The van der Waals surface area contributed by atoms with Crippen LogP contribution in [0.1, 0.15) is 46.0 Å². The van der Waals surface area contributed by atoms with E-state index in [9.17, 15) is 9.59 Å². The van der Waals surface area contributed by atoms with E-state index < -0.39 is 5.41 Å². The number of fused-ring (bicyclic) bond motifs is 2. The summed E-state index contributed by atoms with van der Waals surface area (Å²) < 4.78 is 10.6. The molecule has 0 spiro atoms. The third-order valence-corrected chi connectivity index (χ3v) is 4.09. The summed E-state index contributed by atoms with van der Waals surface area (Å²) in [6.07, 6.45) is 9.89. The van der Waals surface area contributed by atoms with Gasteiger partial charge < -0.3 is 9.47 Å². The second kappa shape index (κ2) is 6.92. The highest BCUT2D eigenvalue weighted by molar-refractivity contribution is 6.01. The van der Waals surface area contributed by atoms with Crippen LogP contribution in [0.4, 0.5) is 0 Å². The minimum Gasteiger partial charge on any atom is -0.465 e. The van der Waals surface area contributed by atoms with Crippen molar-refractivity contribution in [3.05, 3.63) is 23.8 Å². The van der Waals surface area contributed by atoms with Gasteiger partial charge in [-0.25, -0.2) is 4.79 Å². The van der Waals surface area contributed by atoms with Crippen molar-refractivity contribution in [2.75, 3.05) is 13.2 Å². The number of allylic oxidation sites excluding steroid dienone is 2. The summed E-state index contributed by atoms with van der Waals surface area (Å²) in [6.45, 7) is 4.90. The zero-order valence-corrected chi connectivity index (χ0v) is 12.9. The van der Waals surface area contributed by atoms with Gasteiger partial charge >= 0.3 is 11.9 Å². The van der Waals surface area contributed by atoms with Gasteiger partial charge in [0.25, 0.3) is 0 Å². The SMILES string of the molecule is CCCCOC(=O)C1=CC2C=CC1(C(=O)OCCCC)C2. The highest BCUT2D eigenvalue weighted by atomic mass is 16.5. The van der Waals surface area contributed by atoms with E-state index in [1.54, 1.807) is 0 Å². The molecule has 0 saturated carbocycles. The molecule has 2 unspecified atom stereocenters. The van der Waals surface area contributed by atoms with Crippen LogP contribution in [0, 0.1) is 11.3 Å². The maximum absolute atomic E-state index is 12.4. The molecule has 0 aliphatic heterocycles. The first-order chi connectivity index (χ1) is 10.1. The molecule has 0 aromatic carbocycles. The molecule has 0 N–H and O–H groups in total. The molecule has 0 aromatic heterocycles. The molecule has 2 aliphatic rings. The Kier molecular flexibility index (Phi) is 5.21. The molecule has 4 nitrogen and oxygen atoms in total. The summed E-state index contributed by atoms with van der Waals surface area (Å²) in [5.41, 5.74) is -0.436. The molecule has 2 rings (SSSR count). The summed E-state index contributed by atoms with van der Waals surface area (Å²) in [4.78, 5) is 24.6. The molecular weight excluding hydrogens is 268 g/mol. The largest absolute Gasteiger partial charge is 0.465 e. The molecule has 0 radical (unpaired) electrons. The monoisotopic (exact) mass is 292 g/mol. The maximum Gasteiger partial charge on any atom is 0.335 e. The van der Waals surface area contributed by atoms with Gasteiger partial charge in [0.15, 0.2) is 0 Å². The van der Waals surface area contributed by atoms with E-state index in [1.165, 1.54) is 0 Å². The molecule has 2 aliphatic carbocycles. The Labute approximate surface area is 126 Å². The molecule has 0 amide bonds. The summed E-state index contributed by atoms with van der Waals surface area (Å²) in [7, 11) is 0. The van der Waals surface area contributed by atoms with Gasteiger partial charge in [0.2, 0.25) is 0 Å². The van der Waals surface area contributed by atoms with Crippen molar-refractivity contribution in [3.8, 4) is 0 Å². The second-order valence-corrected chi connectivity index (χ2v) is 5.76. The average Bonchev–Trinajstić information content (AvgIpc) is 3.07. The number of hydrogen-bond donors (Lipinski definition) is 0. The summed E-state index contributed by atoms with van der Waals surface area (Å²) in [5.74, 6) is -0.536. The van der Waals surface area contributed by atoms with Crippen molar-refractivity contribution in [1.82, 2.24) is 0 Å². The van der Waals surface area contributed by atoms with E-state index >= 15 is 0 Å². The minimum atomic E-state index is -0.901. The van der Waals surface area contributed by atoms with Crippen LogP contribution in [0.15, 0.2) is 23.8 Å². The number of ether oxygens (including phenoxy) is 2. The molecule has 0 aromatic rings. The normalized spacial score (nSPS) is 25.8. The van der Waals surface area contributed by atoms with Crippen LogP contribution in [-0.2, 0) is 19.1 Å². The number of carbonyl (C=O) groups is 2. The lowest BCUT2D eigenvalue weighted by Crippen LogP contribution is -2.34. The van der Waals surface area contributed by atoms with Gasteiger partial charge in [-0.1, -0.05) is 44.9 Å². The molecular formula is C17H24O4. The number of rotatable bonds is 8. The Balaban J connectivity index is 2.02. The van der Waals surface area contributed by atoms with Crippen LogP contribution in [0.5, 0.6) is 0 Å². The number of esters is 2. The van der Waals surface area contributed by atoms with Gasteiger partial charge in [-0.3, -0.25) is 4.79 Å². The minimum absolute atomic E-state index is 0.150. The van der Waals surface area contributed by atoms with E-state index in [0.717, 1.165) is 25.7 Å². The van der Waals surface area contributed by atoms with Gasteiger partial charge in [0.05, 0.1) is 18.8 Å². The van der Waals surface area contributed by atoms with Crippen LogP contribution in [0.2, 0.25) is 0 Å². The van der Waals surface area contributed by atoms with Crippen LogP contribution < -0.4 is 0 Å². The standard InChI is InChI=1S/C17H24O4/c1-3-5-9-20-15(18)14-11-13-7-8-17(14,12-13)16(19)21-10-6-4-2/h7-8,11,13H,3-6,9-10,12H2,1-2H3. The van der Waals surface area contributed by atoms with Gasteiger partial charge in [-0.15, -0.1) is 0 Å². The van der Waals surface area contributed by atoms with Crippen molar-refractivity contribution >= 4 is 11.9 Å². The van der Waals surface area contributed by atoms with E-state index in [1.807, 2.05) is 32.1 Å². The van der Waals surface area contributed by atoms with E-state index in [-0.39, 0.29) is 17.9 Å². The lowest BCUT2D eigenvalue weighted by molar-refractivity contribution is -0.154. The molecule has 116 valence electrons. The topological polar surface area (TPSA) is 52.6 Å². The van der Waals surface area contributed by atoms with Gasteiger partial charge in [-0.05, 0) is 25.2 Å². The molecule has 0 fully saturated rings. The first-order valence-electron chi connectivity index (χ1n) is 7.90. The van der Waals surface area contributed by atoms with E-state index in [4.69, 9.17) is 9.47 Å². The van der Waals surface area contributed by atoms with Crippen LogP contribution in [0.25, 0.3) is 0 Å². The summed E-state index contributed by atoms with van der Waals surface area (Å²) in [6, 6.07) is 0. The smallest absolute Gasteiger partial charge is 0.335 e. The third kappa shape index (κ3) is 3.20. The summed E-state index contributed by atoms with van der Waals surface area (Å²) in [5, 5.41) is 0. The first-order valence-corrected chi connectivity index (χ1v) is 7.90. The number of hydrogen-bond acceptors (Lipinski definition) is 4. The van der Waals surface area contributed by atoms with Crippen molar-refractivity contribution in [2.45, 2.75) is 46.0 Å². The third-order valence-electron chi connectivity index (χ3n) is 4.09. The predicted octanol–water partition coefficient (Wildman–Crippen LogP) is 3.18. The quantitative estimate of drug-likeness (QED) is 0.392. The van der Waals surface area contributed by atoms with Crippen LogP contribution >= 0.6 is 0 Å². The maximum atomic E-state index is 12.4. The number of carbonyl (C=O) groups excluding carboxylic acids is 2. The molecule has 0 heterocycles. The van der Waals surface area contributed by atoms with Gasteiger partial charge in [0, 0.05) is 0 Å². The van der Waals surface area contributed by atoms with Crippen molar-refractivity contribution in [3.63, 3.8) is 0 Å². The van der Waals surface area contributed by atoms with Crippen molar-refractivity contribution in [1.29, 1.82) is 0 Å². The van der Waals surface area contributed by atoms with Gasteiger partial charge in [0.1, 0.15) is 5.41 Å². The van der Waals surface area contributed by atoms with Crippen LogP contribution in [-0.4, -0.2) is 25.2 Å². The average molecular weight is 292 g/mol. The zero-order valence-electron chi connectivity index (χ0n) is 12.9. The first kappa shape index (κ1) is 15.8. The Bertz CT molecular complexity index is 463. The fourth-order valence-corrected chi connectivity index (χ4v) is 2.81. The van der Waals surface area contributed by atoms with E-state index in [2.05, 4.69) is 0 Å². The van der Waals surface area contributed by atoms with E-state index in [0.29, 0.717) is 25.2 Å². The predicted molar refractivity (Wildman–Crippen MR) is 79.5 cm³/mol. The molecule has 2 bridgehead atoms. The zero-order chi connectivity index (χ0) is 15.3. The Hall–Kier alpha value is -1.58. The fraction of sp³-hybridized carbons (Fsp3) is 0.647. The highest BCUT2D eigenvalue weighted by Crippen LogP contribution is 2.50. The molecule has 2 atom stereocenters. The number of unbranched alkanes of at least 4 members (excludes halogenated alkanes) is 2. The Morgan fingerprint density at radius 3 is 2.48 bits per heavy atom. The Morgan fingerprint density at radius 1 is 1.19 bits per heavy atom. The fourth-order valence-electron chi connectivity index (χ4n) is 2.81. The molecule has 0 saturated heterocycles.